The van der Waals surface area contributed by atoms with Crippen LogP contribution in [0, 0.1) is 5.82 Å². The fraction of sp³-hybridized carbons (Fsp3) is 0.429. The van der Waals surface area contributed by atoms with Crippen LogP contribution >= 0.6 is 0 Å². The summed E-state index contributed by atoms with van der Waals surface area (Å²) < 4.78 is 17.9. The van der Waals surface area contributed by atoms with Crippen molar-refractivity contribution in [1.29, 1.82) is 0 Å². The maximum absolute atomic E-state index is 12.9. The third kappa shape index (κ3) is 6.22. The predicted octanol–water partition coefficient (Wildman–Crippen LogP) is 1.25. The summed E-state index contributed by atoms with van der Waals surface area (Å²) in [7, 11) is 0. The van der Waals surface area contributed by atoms with E-state index >= 15 is 0 Å². The van der Waals surface area contributed by atoms with E-state index in [-0.39, 0.29) is 12.2 Å². The van der Waals surface area contributed by atoms with E-state index < -0.39 is 23.6 Å². The van der Waals surface area contributed by atoms with Gasteiger partial charge in [-0.2, -0.15) is 0 Å². The molecule has 0 heterocycles. The standard InChI is InChI=1S/C14H20FN3O3/c1-14(2,3)21-13(20)17-11(12(19)18-16)8-9-4-6-10(15)7-5-9/h4-7,11H,8,16H2,1-3H3,(H,17,20)(H,18,19). The maximum Gasteiger partial charge on any atom is 0.408 e. The smallest absolute Gasteiger partial charge is 0.408 e. The first-order chi connectivity index (χ1) is 9.71. The number of alkyl carbamates (subject to hydrolysis) is 1. The van der Waals surface area contributed by atoms with Gasteiger partial charge in [0.15, 0.2) is 0 Å². The molecule has 0 saturated heterocycles. The van der Waals surface area contributed by atoms with Gasteiger partial charge in [-0.1, -0.05) is 12.1 Å². The van der Waals surface area contributed by atoms with Crippen LogP contribution in [0.15, 0.2) is 24.3 Å². The van der Waals surface area contributed by atoms with E-state index in [9.17, 15) is 14.0 Å². The number of hydrogen-bond donors (Lipinski definition) is 3. The minimum Gasteiger partial charge on any atom is -0.444 e. The summed E-state index contributed by atoms with van der Waals surface area (Å²) in [5, 5.41) is 2.44. The second-order valence-corrected chi connectivity index (χ2v) is 5.54. The average Bonchev–Trinajstić information content (AvgIpc) is 2.37. The fourth-order valence-electron chi connectivity index (χ4n) is 1.62. The molecule has 0 fully saturated rings. The van der Waals surface area contributed by atoms with E-state index in [1.165, 1.54) is 24.3 Å². The lowest BCUT2D eigenvalue weighted by molar-refractivity contribution is -0.123. The summed E-state index contributed by atoms with van der Waals surface area (Å²) in [4.78, 5) is 23.4. The number of ether oxygens (including phenoxy) is 1. The van der Waals surface area contributed by atoms with Crippen molar-refractivity contribution in [2.24, 2.45) is 5.84 Å². The summed E-state index contributed by atoms with van der Waals surface area (Å²) in [6.07, 6.45) is -0.555. The van der Waals surface area contributed by atoms with Crippen molar-refractivity contribution in [3.05, 3.63) is 35.6 Å². The molecule has 0 saturated carbocycles. The molecule has 116 valence electrons. The SMILES string of the molecule is CC(C)(C)OC(=O)NC(Cc1ccc(F)cc1)C(=O)NN. The second-order valence-electron chi connectivity index (χ2n) is 5.54. The molecule has 0 radical (unpaired) electrons. The lowest BCUT2D eigenvalue weighted by Crippen LogP contribution is -2.51. The molecule has 6 nitrogen and oxygen atoms in total. The molecule has 1 aromatic carbocycles. The van der Waals surface area contributed by atoms with E-state index in [1.54, 1.807) is 20.8 Å². The average molecular weight is 297 g/mol. The van der Waals surface area contributed by atoms with Gasteiger partial charge in [0.2, 0.25) is 0 Å². The highest BCUT2D eigenvalue weighted by molar-refractivity contribution is 5.85. The van der Waals surface area contributed by atoms with Gasteiger partial charge in [0.25, 0.3) is 5.91 Å². The molecular weight excluding hydrogens is 277 g/mol. The molecule has 2 amide bonds. The van der Waals surface area contributed by atoms with Gasteiger partial charge in [-0.3, -0.25) is 10.2 Å². The van der Waals surface area contributed by atoms with Crippen molar-refractivity contribution in [1.82, 2.24) is 10.7 Å². The maximum atomic E-state index is 12.9. The molecule has 7 heteroatoms. The summed E-state index contributed by atoms with van der Waals surface area (Å²) >= 11 is 0. The topological polar surface area (TPSA) is 93.4 Å². The fourth-order valence-corrected chi connectivity index (χ4v) is 1.62. The van der Waals surface area contributed by atoms with Gasteiger partial charge in [0.05, 0.1) is 0 Å². The number of nitrogens with one attached hydrogen (secondary N) is 2. The van der Waals surface area contributed by atoms with E-state index in [4.69, 9.17) is 10.6 Å². The third-order valence-corrected chi connectivity index (χ3v) is 2.50. The van der Waals surface area contributed by atoms with Gasteiger partial charge >= 0.3 is 6.09 Å². The van der Waals surface area contributed by atoms with Gasteiger partial charge in [-0.05, 0) is 38.5 Å². The number of halogens is 1. The van der Waals surface area contributed by atoms with Crippen LogP contribution in [0.2, 0.25) is 0 Å². The zero-order valence-corrected chi connectivity index (χ0v) is 12.3. The Morgan fingerprint density at radius 2 is 1.86 bits per heavy atom. The molecule has 1 rings (SSSR count). The van der Waals surface area contributed by atoms with Gasteiger partial charge < -0.3 is 10.1 Å². The highest BCUT2D eigenvalue weighted by Crippen LogP contribution is 2.09. The minimum atomic E-state index is -0.907. The Labute approximate surface area is 122 Å². The summed E-state index contributed by atoms with van der Waals surface area (Å²) in [6, 6.07) is 4.71. The van der Waals surface area contributed by atoms with Crippen molar-refractivity contribution >= 4 is 12.0 Å². The Morgan fingerprint density at radius 1 is 1.29 bits per heavy atom. The quantitative estimate of drug-likeness (QED) is 0.443. The first kappa shape index (κ1) is 16.9. The van der Waals surface area contributed by atoms with Crippen LogP contribution in [0.3, 0.4) is 0 Å². The normalized spacial score (nSPS) is 12.4. The Kier molecular flexibility index (Phi) is 5.66. The van der Waals surface area contributed by atoms with Gasteiger partial charge in [-0.25, -0.2) is 15.0 Å². The monoisotopic (exact) mass is 297 g/mol. The van der Waals surface area contributed by atoms with Crippen LogP contribution in [-0.4, -0.2) is 23.6 Å². The van der Waals surface area contributed by atoms with E-state index in [2.05, 4.69) is 5.32 Å². The number of amides is 2. The molecule has 1 unspecified atom stereocenters. The van der Waals surface area contributed by atoms with Crippen LogP contribution in [-0.2, 0) is 16.0 Å². The number of carbonyl (C=O) groups excluding carboxylic acids is 2. The number of hydrogen-bond acceptors (Lipinski definition) is 4. The first-order valence-corrected chi connectivity index (χ1v) is 6.45. The van der Waals surface area contributed by atoms with Crippen LogP contribution in [0.1, 0.15) is 26.3 Å². The molecule has 4 N–H and O–H groups in total. The zero-order valence-electron chi connectivity index (χ0n) is 12.3. The lowest BCUT2D eigenvalue weighted by atomic mass is 10.1. The van der Waals surface area contributed by atoms with E-state index in [1.807, 2.05) is 5.43 Å². The molecule has 0 aliphatic carbocycles. The molecule has 0 bridgehead atoms. The lowest BCUT2D eigenvalue weighted by Gasteiger charge is -2.23. The summed E-state index contributed by atoms with van der Waals surface area (Å²) in [6.45, 7) is 5.14. The summed E-state index contributed by atoms with van der Waals surface area (Å²) in [5.41, 5.74) is 1.99. The molecule has 0 aliphatic heterocycles. The Balaban J connectivity index is 2.74. The van der Waals surface area contributed by atoms with Crippen LogP contribution < -0.4 is 16.6 Å². The van der Waals surface area contributed by atoms with Crippen molar-refractivity contribution in [2.45, 2.75) is 38.8 Å². The third-order valence-electron chi connectivity index (χ3n) is 2.50. The van der Waals surface area contributed by atoms with Gasteiger partial charge in [-0.15, -0.1) is 0 Å². The predicted molar refractivity (Wildman–Crippen MR) is 75.6 cm³/mol. The number of carbonyl (C=O) groups is 2. The second kappa shape index (κ2) is 7.03. The minimum absolute atomic E-state index is 0.169. The van der Waals surface area contributed by atoms with Gasteiger partial charge in [0, 0.05) is 6.42 Å². The Morgan fingerprint density at radius 3 is 2.33 bits per heavy atom. The van der Waals surface area contributed by atoms with Gasteiger partial charge in [0.1, 0.15) is 17.5 Å². The highest BCUT2D eigenvalue weighted by Gasteiger charge is 2.24. The largest absolute Gasteiger partial charge is 0.444 e. The molecule has 21 heavy (non-hydrogen) atoms. The molecule has 0 spiro atoms. The number of nitrogens with two attached hydrogens (primary N) is 1. The Hall–Kier alpha value is -2.15. The van der Waals surface area contributed by atoms with Crippen molar-refractivity contribution in [3.8, 4) is 0 Å². The van der Waals surface area contributed by atoms with Crippen LogP contribution in [0.4, 0.5) is 9.18 Å². The zero-order chi connectivity index (χ0) is 16.0. The molecular formula is C14H20FN3O3. The Bertz CT molecular complexity index is 497. The number of hydrazine groups is 1. The van der Waals surface area contributed by atoms with Crippen LogP contribution in [0.25, 0.3) is 0 Å². The van der Waals surface area contributed by atoms with E-state index in [0.717, 1.165) is 0 Å². The summed E-state index contributed by atoms with van der Waals surface area (Å²) in [5.74, 6) is 4.16. The van der Waals surface area contributed by atoms with Crippen molar-refractivity contribution in [2.75, 3.05) is 0 Å². The number of rotatable bonds is 4. The highest BCUT2D eigenvalue weighted by atomic mass is 19.1. The van der Waals surface area contributed by atoms with Crippen molar-refractivity contribution < 1.29 is 18.7 Å². The molecule has 0 aromatic heterocycles. The molecule has 1 aromatic rings. The first-order valence-electron chi connectivity index (χ1n) is 6.45. The van der Waals surface area contributed by atoms with Crippen LogP contribution in [0.5, 0.6) is 0 Å². The molecule has 0 aliphatic rings. The van der Waals surface area contributed by atoms with Crippen molar-refractivity contribution in [3.63, 3.8) is 0 Å². The van der Waals surface area contributed by atoms with E-state index in [0.29, 0.717) is 5.56 Å². The number of benzene rings is 1. The molecule has 1 atom stereocenters.